The first kappa shape index (κ1) is 15.2. The first-order chi connectivity index (χ1) is 10.2. The molecule has 0 saturated carbocycles. The van der Waals surface area contributed by atoms with Gasteiger partial charge in [-0.25, -0.2) is 0 Å². The highest BCUT2D eigenvalue weighted by molar-refractivity contribution is 5.41. The van der Waals surface area contributed by atoms with Crippen LogP contribution in [0.25, 0.3) is 0 Å². The van der Waals surface area contributed by atoms with E-state index in [-0.39, 0.29) is 5.75 Å². The lowest BCUT2D eigenvalue weighted by atomic mass is 10.1. The first-order valence-corrected chi connectivity index (χ1v) is 6.93. The van der Waals surface area contributed by atoms with Crippen molar-refractivity contribution in [3.8, 4) is 17.2 Å². The maximum Gasteiger partial charge on any atom is 0.160 e. The SMILES string of the molecule is COc1ccc(CNCCc2ccccc2OC)cc1O. The molecule has 0 spiro atoms. The van der Waals surface area contributed by atoms with Crippen LogP contribution in [0.1, 0.15) is 11.1 Å². The molecule has 2 rings (SSSR count). The molecule has 2 aromatic rings. The van der Waals surface area contributed by atoms with Gasteiger partial charge in [-0.1, -0.05) is 24.3 Å². The maximum absolute atomic E-state index is 9.72. The predicted molar refractivity (Wildman–Crippen MR) is 83.1 cm³/mol. The summed E-state index contributed by atoms with van der Waals surface area (Å²) in [5.74, 6) is 1.58. The summed E-state index contributed by atoms with van der Waals surface area (Å²) in [5, 5.41) is 13.1. The Hall–Kier alpha value is -2.20. The van der Waals surface area contributed by atoms with E-state index < -0.39 is 0 Å². The van der Waals surface area contributed by atoms with Crippen molar-refractivity contribution in [3.63, 3.8) is 0 Å². The second-order valence-corrected chi connectivity index (χ2v) is 4.74. The van der Waals surface area contributed by atoms with Crippen molar-refractivity contribution in [1.29, 1.82) is 0 Å². The lowest BCUT2D eigenvalue weighted by Gasteiger charge is -2.10. The number of ether oxygens (including phenoxy) is 2. The number of rotatable bonds is 7. The van der Waals surface area contributed by atoms with Crippen molar-refractivity contribution in [2.45, 2.75) is 13.0 Å². The number of methoxy groups -OCH3 is 2. The number of hydrogen-bond donors (Lipinski definition) is 2. The van der Waals surface area contributed by atoms with Crippen molar-refractivity contribution >= 4 is 0 Å². The smallest absolute Gasteiger partial charge is 0.160 e. The van der Waals surface area contributed by atoms with Gasteiger partial charge >= 0.3 is 0 Å². The fourth-order valence-electron chi connectivity index (χ4n) is 2.21. The van der Waals surface area contributed by atoms with Gasteiger partial charge in [0.15, 0.2) is 11.5 Å². The summed E-state index contributed by atoms with van der Waals surface area (Å²) in [5.41, 5.74) is 2.21. The third-order valence-electron chi connectivity index (χ3n) is 3.34. The summed E-state index contributed by atoms with van der Waals surface area (Å²) in [6.45, 7) is 1.54. The second-order valence-electron chi connectivity index (χ2n) is 4.74. The molecule has 0 aliphatic rings. The molecule has 0 unspecified atom stereocenters. The molecule has 0 heterocycles. The fourth-order valence-corrected chi connectivity index (χ4v) is 2.21. The Kier molecular flexibility index (Phi) is 5.46. The minimum atomic E-state index is 0.168. The molecule has 112 valence electrons. The van der Waals surface area contributed by atoms with Crippen LogP contribution in [0, 0.1) is 0 Å². The van der Waals surface area contributed by atoms with Gasteiger partial charge in [-0.3, -0.25) is 0 Å². The predicted octanol–water partition coefficient (Wildman–Crippen LogP) is 2.74. The van der Waals surface area contributed by atoms with Gasteiger partial charge in [0.05, 0.1) is 14.2 Å². The van der Waals surface area contributed by atoms with Crippen molar-refractivity contribution in [2.24, 2.45) is 0 Å². The summed E-state index contributed by atoms with van der Waals surface area (Å²) in [4.78, 5) is 0. The summed E-state index contributed by atoms with van der Waals surface area (Å²) < 4.78 is 10.4. The van der Waals surface area contributed by atoms with E-state index in [1.165, 1.54) is 5.56 Å². The number of phenols is 1. The molecule has 0 atom stereocenters. The molecular formula is C17H21NO3. The van der Waals surface area contributed by atoms with Crippen molar-refractivity contribution < 1.29 is 14.6 Å². The zero-order valence-electron chi connectivity index (χ0n) is 12.4. The number of hydrogen-bond acceptors (Lipinski definition) is 4. The first-order valence-electron chi connectivity index (χ1n) is 6.93. The van der Waals surface area contributed by atoms with Crippen LogP contribution in [0.3, 0.4) is 0 Å². The number of benzene rings is 2. The summed E-state index contributed by atoms with van der Waals surface area (Å²) in [6, 6.07) is 13.4. The molecule has 0 aliphatic heterocycles. The molecule has 0 saturated heterocycles. The highest BCUT2D eigenvalue weighted by Gasteiger charge is 2.03. The Bertz CT molecular complexity index is 584. The van der Waals surface area contributed by atoms with Gasteiger partial charge in [0.1, 0.15) is 5.75 Å². The maximum atomic E-state index is 9.72. The van der Waals surface area contributed by atoms with Crippen molar-refractivity contribution in [2.75, 3.05) is 20.8 Å². The molecule has 0 bridgehead atoms. The fraction of sp³-hybridized carbons (Fsp3) is 0.294. The van der Waals surface area contributed by atoms with Gasteiger partial charge in [0, 0.05) is 6.54 Å². The van der Waals surface area contributed by atoms with Gasteiger partial charge in [-0.2, -0.15) is 0 Å². The highest BCUT2D eigenvalue weighted by Crippen LogP contribution is 2.26. The number of nitrogens with one attached hydrogen (secondary N) is 1. The molecule has 0 radical (unpaired) electrons. The minimum absolute atomic E-state index is 0.168. The van der Waals surface area contributed by atoms with Crippen LogP contribution >= 0.6 is 0 Å². The lowest BCUT2D eigenvalue weighted by Crippen LogP contribution is -2.16. The average molecular weight is 287 g/mol. The van der Waals surface area contributed by atoms with Gasteiger partial charge in [-0.15, -0.1) is 0 Å². The minimum Gasteiger partial charge on any atom is -0.504 e. The van der Waals surface area contributed by atoms with Crippen molar-refractivity contribution in [1.82, 2.24) is 5.32 Å². The van der Waals surface area contributed by atoms with E-state index in [9.17, 15) is 5.11 Å². The molecule has 0 amide bonds. The highest BCUT2D eigenvalue weighted by atomic mass is 16.5. The monoisotopic (exact) mass is 287 g/mol. The van der Waals surface area contributed by atoms with E-state index in [1.54, 1.807) is 26.4 Å². The standard InChI is InChI=1S/C17H21NO3/c1-20-16-6-4-3-5-14(16)9-10-18-12-13-7-8-17(21-2)15(19)11-13/h3-8,11,18-19H,9-10,12H2,1-2H3. The van der Waals surface area contributed by atoms with Gasteiger partial charge in [0.2, 0.25) is 0 Å². The third kappa shape index (κ3) is 4.13. The summed E-state index contributed by atoms with van der Waals surface area (Å²) in [6.07, 6.45) is 0.895. The second kappa shape index (κ2) is 7.55. The molecule has 0 aromatic heterocycles. The largest absolute Gasteiger partial charge is 0.504 e. The van der Waals surface area contributed by atoms with E-state index in [2.05, 4.69) is 11.4 Å². The van der Waals surface area contributed by atoms with E-state index in [0.717, 1.165) is 24.3 Å². The van der Waals surface area contributed by atoms with Gasteiger partial charge in [-0.05, 0) is 42.3 Å². The van der Waals surface area contributed by atoms with E-state index in [4.69, 9.17) is 9.47 Å². The summed E-state index contributed by atoms with van der Waals surface area (Å²) >= 11 is 0. The average Bonchev–Trinajstić information content (AvgIpc) is 2.52. The quantitative estimate of drug-likeness (QED) is 0.769. The van der Waals surface area contributed by atoms with Gasteiger partial charge in [0.25, 0.3) is 0 Å². The molecule has 4 heteroatoms. The Balaban J connectivity index is 1.83. The molecule has 4 nitrogen and oxygen atoms in total. The normalized spacial score (nSPS) is 10.4. The Labute approximate surface area is 125 Å². The zero-order chi connectivity index (χ0) is 15.1. The Morgan fingerprint density at radius 2 is 1.76 bits per heavy atom. The van der Waals surface area contributed by atoms with Crippen LogP contribution in [0.4, 0.5) is 0 Å². The Morgan fingerprint density at radius 3 is 2.48 bits per heavy atom. The van der Waals surface area contributed by atoms with E-state index in [0.29, 0.717) is 12.3 Å². The molecule has 21 heavy (non-hydrogen) atoms. The van der Waals surface area contributed by atoms with E-state index >= 15 is 0 Å². The number of aromatic hydroxyl groups is 1. The lowest BCUT2D eigenvalue weighted by molar-refractivity contribution is 0.373. The Morgan fingerprint density at radius 1 is 1.00 bits per heavy atom. The molecule has 0 fully saturated rings. The van der Waals surface area contributed by atoms with E-state index in [1.807, 2.05) is 24.3 Å². The zero-order valence-corrected chi connectivity index (χ0v) is 12.4. The topological polar surface area (TPSA) is 50.7 Å². The number of phenolic OH excluding ortho intramolecular Hbond substituents is 1. The third-order valence-corrected chi connectivity index (χ3v) is 3.34. The molecule has 2 aromatic carbocycles. The van der Waals surface area contributed by atoms with Crippen LogP contribution in [0.15, 0.2) is 42.5 Å². The molecular weight excluding hydrogens is 266 g/mol. The summed E-state index contributed by atoms with van der Waals surface area (Å²) in [7, 11) is 3.23. The molecule has 2 N–H and O–H groups in total. The molecule has 0 aliphatic carbocycles. The van der Waals surface area contributed by atoms with Gasteiger partial charge < -0.3 is 19.9 Å². The van der Waals surface area contributed by atoms with Crippen LogP contribution in [-0.4, -0.2) is 25.9 Å². The van der Waals surface area contributed by atoms with Crippen molar-refractivity contribution in [3.05, 3.63) is 53.6 Å². The van der Waals surface area contributed by atoms with Crippen LogP contribution in [-0.2, 0) is 13.0 Å². The van der Waals surface area contributed by atoms with Crippen LogP contribution in [0.5, 0.6) is 17.2 Å². The van der Waals surface area contributed by atoms with Crippen LogP contribution < -0.4 is 14.8 Å². The van der Waals surface area contributed by atoms with Crippen LogP contribution in [0.2, 0.25) is 0 Å². The number of para-hydroxylation sites is 1.